The number of carbonyl (C=O) groups is 2. The summed E-state index contributed by atoms with van der Waals surface area (Å²) in [5.74, 6) is 0.662. The van der Waals surface area contributed by atoms with Crippen molar-refractivity contribution in [2.75, 3.05) is 44.2 Å². The van der Waals surface area contributed by atoms with E-state index in [1.165, 1.54) is 5.56 Å². The average molecular weight is 374 g/mol. The molecule has 0 atom stereocenters. The number of anilines is 1. The summed E-state index contributed by atoms with van der Waals surface area (Å²) in [6.45, 7) is 9.31. The van der Waals surface area contributed by atoms with Crippen LogP contribution in [0.25, 0.3) is 0 Å². The van der Waals surface area contributed by atoms with Crippen molar-refractivity contribution in [3.8, 4) is 0 Å². The molecule has 1 heterocycles. The molecular formula is C20H31N5O2. The van der Waals surface area contributed by atoms with Gasteiger partial charge in [0.05, 0.1) is 0 Å². The Morgan fingerprint density at radius 1 is 1.15 bits per heavy atom. The molecule has 7 nitrogen and oxygen atoms in total. The molecule has 2 rings (SSSR count). The molecule has 0 saturated heterocycles. The van der Waals surface area contributed by atoms with E-state index in [1.807, 2.05) is 39.0 Å². The summed E-state index contributed by atoms with van der Waals surface area (Å²) in [6, 6.07) is 7.99. The standard InChI is InChI=1S/C20H31N5O2/c1-4-21-20(22-13-11-18(26)24(5-2)6-3)23-15-19(27)25-14-12-16-9-7-8-10-17(16)25/h7-10H,4-6,11-15H2,1-3H3,(H2,21,22,23). The molecular weight excluding hydrogens is 342 g/mol. The number of guanidine groups is 1. The third-order valence-corrected chi connectivity index (χ3v) is 4.65. The molecule has 148 valence electrons. The number of rotatable bonds is 8. The monoisotopic (exact) mass is 373 g/mol. The molecule has 1 aromatic rings. The summed E-state index contributed by atoms with van der Waals surface area (Å²) in [5, 5.41) is 6.26. The first-order valence-electron chi connectivity index (χ1n) is 9.78. The molecule has 0 aliphatic carbocycles. The third-order valence-electron chi connectivity index (χ3n) is 4.65. The number of carbonyl (C=O) groups excluding carboxylic acids is 2. The van der Waals surface area contributed by atoms with Crippen LogP contribution >= 0.6 is 0 Å². The summed E-state index contributed by atoms with van der Waals surface area (Å²) in [4.78, 5) is 32.6. The second-order valence-corrected chi connectivity index (χ2v) is 6.36. The fourth-order valence-corrected chi connectivity index (χ4v) is 3.19. The van der Waals surface area contributed by atoms with Crippen LogP contribution in [0.5, 0.6) is 0 Å². The lowest BCUT2D eigenvalue weighted by Gasteiger charge is -2.19. The van der Waals surface area contributed by atoms with Crippen LogP contribution in [0.2, 0.25) is 0 Å². The van der Waals surface area contributed by atoms with E-state index < -0.39 is 0 Å². The number of benzene rings is 1. The molecule has 27 heavy (non-hydrogen) atoms. The predicted molar refractivity (Wildman–Crippen MR) is 109 cm³/mol. The summed E-state index contributed by atoms with van der Waals surface area (Å²) in [6.07, 6.45) is 1.29. The van der Waals surface area contributed by atoms with Crippen molar-refractivity contribution in [1.82, 2.24) is 15.5 Å². The number of nitrogens with one attached hydrogen (secondary N) is 2. The second-order valence-electron chi connectivity index (χ2n) is 6.36. The first-order chi connectivity index (χ1) is 13.1. The highest BCUT2D eigenvalue weighted by molar-refractivity contribution is 5.98. The summed E-state index contributed by atoms with van der Waals surface area (Å²) >= 11 is 0. The Labute approximate surface area is 161 Å². The number of hydrogen-bond donors (Lipinski definition) is 2. The van der Waals surface area contributed by atoms with Gasteiger partial charge in [-0.15, -0.1) is 0 Å². The van der Waals surface area contributed by atoms with Crippen LogP contribution in [0.3, 0.4) is 0 Å². The molecule has 7 heteroatoms. The van der Waals surface area contributed by atoms with Crippen LogP contribution in [0.15, 0.2) is 29.3 Å². The minimum Gasteiger partial charge on any atom is -0.357 e. The zero-order valence-electron chi connectivity index (χ0n) is 16.6. The Hall–Kier alpha value is -2.57. The van der Waals surface area contributed by atoms with E-state index in [-0.39, 0.29) is 18.4 Å². The smallest absolute Gasteiger partial charge is 0.248 e. The van der Waals surface area contributed by atoms with Crippen molar-refractivity contribution in [2.45, 2.75) is 33.6 Å². The van der Waals surface area contributed by atoms with Crippen LogP contribution in [0.4, 0.5) is 5.69 Å². The van der Waals surface area contributed by atoms with Gasteiger partial charge in [0.15, 0.2) is 5.96 Å². The first-order valence-corrected chi connectivity index (χ1v) is 9.78. The maximum atomic E-state index is 12.6. The van der Waals surface area contributed by atoms with Gasteiger partial charge in [-0.05, 0) is 38.8 Å². The number of amides is 2. The Morgan fingerprint density at radius 3 is 2.59 bits per heavy atom. The molecule has 0 spiro atoms. The summed E-state index contributed by atoms with van der Waals surface area (Å²) in [7, 11) is 0. The Balaban J connectivity index is 1.88. The lowest BCUT2D eigenvalue weighted by molar-refractivity contribution is -0.130. The molecule has 0 unspecified atom stereocenters. The summed E-state index contributed by atoms with van der Waals surface area (Å²) < 4.78 is 0. The Bertz CT molecular complexity index is 670. The van der Waals surface area contributed by atoms with Crippen LogP contribution in [0, 0.1) is 0 Å². The van der Waals surface area contributed by atoms with Gasteiger partial charge < -0.3 is 20.4 Å². The van der Waals surface area contributed by atoms with E-state index in [0.29, 0.717) is 32.0 Å². The predicted octanol–water partition coefficient (Wildman–Crippen LogP) is 1.39. The molecule has 0 aromatic heterocycles. The van der Waals surface area contributed by atoms with E-state index in [9.17, 15) is 9.59 Å². The van der Waals surface area contributed by atoms with Crippen molar-refractivity contribution in [3.05, 3.63) is 29.8 Å². The van der Waals surface area contributed by atoms with Crippen molar-refractivity contribution in [2.24, 2.45) is 4.99 Å². The van der Waals surface area contributed by atoms with Crippen molar-refractivity contribution >= 4 is 23.5 Å². The Morgan fingerprint density at radius 2 is 1.89 bits per heavy atom. The average Bonchev–Trinajstić information content (AvgIpc) is 3.11. The molecule has 1 aliphatic heterocycles. The zero-order chi connectivity index (χ0) is 19.6. The summed E-state index contributed by atoms with van der Waals surface area (Å²) in [5.41, 5.74) is 2.19. The maximum Gasteiger partial charge on any atom is 0.248 e. The van der Waals surface area contributed by atoms with Crippen LogP contribution < -0.4 is 15.5 Å². The van der Waals surface area contributed by atoms with E-state index in [1.54, 1.807) is 9.80 Å². The van der Waals surface area contributed by atoms with E-state index >= 15 is 0 Å². The highest BCUT2D eigenvalue weighted by Crippen LogP contribution is 2.27. The lowest BCUT2D eigenvalue weighted by Crippen LogP contribution is -2.41. The quantitative estimate of drug-likeness (QED) is 0.533. The molecule has 0 saturated carbocycles. The van der Waals surface area contributed by atoms with Gasteiger partial charge in [-0.25, -0.2) is 4.99 Å². The van der Waals surface area contributed by atoms with Gasteiger partial charge in [-0.1, -0.05) is 18.2 Å². The topological polar surface area (TPSA) is 77.0 Å². The SMILES string of the molecule is CCNC(=NCC(=O)N1CCc2ccccc21)NCCC(=O)N(CC)CC. The van der Waals surface area contributed by atoms with Crippen LogP contribution in [-0.2, 0) is 16.0 Å². The van der Waals surface area contributed by atoms with Crippen LogP contribution in [-0.4, -0.2) is 61.9 Å². The maximum absolute atomic E-state index is 12.6. The van der Waals surface area contributed by atoms with Crippen molar-refractivity contribution in [3.63, 3.8) is 0 Å². The first kappa shape index (κ1) is 20.7. The van der Waals surface area contributed by atoms with E-state index in [2.05, 4.69) is 21.7 Å². The second kappa shape index (κ2) is 10.5. The van der Waals surface area contributed by atoms with Crippen molar-refractivity contribution in [1.29, 1.82) is 0 Å². The Kier molecular flexibility index (Phi) is 8.10. The molecule has 1 aromatic carbocycles. The van der Waals surface area contributed by atoms with Crippen molar-refractivity contribution < 1.29 is 9.59 Å². The van der Waals surface area contributed by atoms with Gasteiger partial charge in [0, 0.05) is 44.8 Å². The zero-order valence-corrected chi connectivity index (χ0v) is 16.6. The lowest BCUT2D eigenvalue weighted by atomic mass is 10.2. The fraction of sp³-hybridized carbons (Fsp3) is 0.550. The number of fused-ring (bicyclic) bond motifs is 1. The van der Waals surface area contributed by atoms with Gasteiger partial charge >= 0.3 is 0 Å². The number of nitrogens with zero attached hydrogens (tertiary/aromatic N) is 3. The minimum absolute atomic E-state index is 0.0172. The molecule has 0 fully saturated rings. The van der Waals surface area contributed by atoms with Gasteiger partial charge in [0.1, 0.15) is 6.54 Å². The highest BCUT2D eigenvalue weighted by Gasteiger charge is 2.23. The van der Waals surface area contributed by atoms with Gasteiger partial charge in [-0.3, -0.25) is 9.59 Å². The number of hydrogen-bond acceptors (Lipinski definition) is 3. The van der Waals surface area contributed by atoms with Crippen LogP contribution in [0.1, 0.15) is 32.8 Å². The van der Waals surface area contributed by atoms with Gasteiger partial charge in [-0.2, -0.15) is 0 Å². The molecule has 0 bridgehead atoms. The third kappa shape index (κ3) is 5.70. The minimum atomic E-state index is -0.0172. The molecule has 2 amide bonds. The van der Waals surface area contributed by atoms with Gasteiger partial charge in [0.25, 0.3) is 0 Å². The van der Waals surface area contributed by atoms with E-state index in [0.717, 1.165) is 25.2 Å². The molecule has 2 N–H and O–H groups in total. The fourth-order valence-electron chi connectivity index (χ4n) is 3.19. The number of para-hydroxylation sites is 1. The largest absolute Gasteiger partial charge is 0.357 e. The molecule has 0 radical (unpaired) electrons. The van der Waals surface area contributed by atoms with E-state index in [4.69, 9.17) is 0 Å². The van der Waals surface area contributed by atoms with Gasteiger partial charge in [0.2, 0.25) is 11.8 Å². The molecule has 1 aliphatic rings. The number of aliphatic imine (C=N–C) groups is 1. The normalized spacial score (nSPS) is 13.3. The highest BCUT2D eigenvalue weighted by atomic mass is 16.2.